The van der Waals surface area contributed by atoms with Crippen molar-refractivity contribution in [2.75, 3.05) is 25.0 Å². The number of hydrogen-bond donors (Lipinski definition) is 1. The van der Waals surface area contributed by atoms with Crippen molar-refractivity contribution in [1.29, 1.82) is 0 Å². The molecule has 1 aliphatic carbocycles. The zero-order valence-electron chi connectivity index (χ0n) is 10.8. The summed E-state index contributed by atoms with van der Waals surface area (Å²) in [6, 6.07) is 4.03. The van der Waals surface area contributed by atoms with Crippen LogP contribution in [0.5, 0.6) is 0 Å². The van der Waals surface area contributed by atoms with Crippen LogP contribution in [0.2, 0.25) is 0 Å². The first kappa shape index (κ1) is 12.8. The highest BCUT2D eigenvalue weighted by Gasteiger charge is 2.53. The number of hydrogen-bond acceptors (Lipinski definition) is 2. The summed E-state index contributed by atoms with van der Waals surface area (Å²) >= 11 is 0. The number of halogens is 3. The van der Waals surface area contributed by atoms with E-state index in [1.807, 2.05) is 7.05 Å². The van der Waals surface area contributed by atoms with Gasteiger partial charge in [-0.2, -0.15) is 13.2 Å². The van der Waals surface area contributed by atoms with Gasteiger partial charge in [0.05, 0.1) is 5.56 Å². The van der Waals surface area contributed by atoms with E-state index in [9.17, 15) is 13.2 Å². The van der Waals surface area contributed by atoms with Gasteiger partial charge in [-0.1, -0.05) is 0 Å². The van der Waals surface area contributed by atoms with E-state index in [1.54, 1.807) is 6.07 Å². The van der Waals surface area contributed by atoms with E-state index in [1.165, 1.54) is 6.07 Å². The third-order valence-corrected chi connectivity index (χ3v) is 4.56. The average Bonchev–Trinajstić information content (AvgIpc) is 3.08. The molecule has 1 unspecified atom stereocenters. The molecule has 19 heavy (non-hydrogen) atoms. The van der Waals surface area contributed by atoms with Crippen LogP contribution < -0.4 is 10.6 Å². The van der Waals surface area contributed by atoms with Gasteiger partial charge in [0.25, 0.3) is 0 Å². The highest BCUT2D eigenvalue weighted by atomic mass is 19.4. The van der Waals surface area contributed by atoms with Crippen molar-refractivity contribution in [3.05, 3.63) is 29.3 Å². The molecule has 0 bridgehead atoms. The minimum atomic E-state index is -4.29. The van der Waals surface area contributed by atoms with Crippen LogP contribution >= 0.6 is 0 Å². The summed E-state index contributed by atoms with van der Waals surface area (Å²) in [7, 11) is 1.94. The Balaban J connectivity index is 2.10. The lowest BCUT2D eigenvalue weighted by atomic mass is 9.78. The molecule has 2 N–H and O–H groups in total. The number of alkyl halides is 3. The lowest BCUT2D eigenvalue weighted by molar-refractivity contribution is -0.137. The molecule has 104 valence electrons. The van der Waals surface area contributed by atoms with E-state index in [-0.39, 0.29) is 11.3 Å². The first-order valence-electron chi connectivity index (χ1n) is 6.50. The van der Waals surface area contributed by atoms with Crippen molar-refractivity contribution >= 4 is 5.69 Å². The predicted molar refractivity (Wildman–Crippen MR) is 68.2 cm³/mol. The van der Waals surface area contributed by atoms with Crippen LogP contribution in [0.15, 0.2) is 18.2 Å². The fourth-order valence-electron chi connectivity index (χ4n) is 3.40. The van der Waals surface area contributed by atoms with Gasteiger partial charge >= 0.3 is 6.18 Å². The second kappa shape index (κ2) is 3.88. The van der Waals surface area contributed by atoms with E-state index >= 15 is 0 Å². The summed E-state index contributed by atoms with van der Waals surface area (Å²) in [5.74, 6) is 0.0565. The summed E-state index contributed by atoms with van der Waals surface area (Å²) in [6.07, 6.45) is -2.16. The standard InChI is InChI=1S/C14H17F3N2/c1-19-8-13(4-5-13)11(7-18)10-6-9(14(15,16)17)2-3-12(10)19/h2-3,6,11H,4-5,7-8,18H2,1H3. The SMILES string of the molecule is CN1CC2(CC2)C(CN)c2cc(C(F)(F)F)ccc21. The van der Waals surface area contributed by atoms with E-state index in [0.29, 0.717) is 6.54 Å². The minimum Gasteiger partial charge on any atom is -0.374 e. The Bertz CT molecular complexity index is 506. The minimum absolute atomic E-state index is 0.0565. The van der Waals surface area contributed by atoms with Crippen molar-refractivity contribution in [3.8, 4) is 0 Å². The molecule has 5 heteroatoms. The second-order valence-electron chi connectivity index (χ2n) is 5.78. The van der Waals surface area contributed by atoms with Gasteiger partial charge in [0.2, 0.25) is 0 Å². The summed E-state index contributed by atoms with van der Waals surface area (Å²) in [5, 5.41) is 0. The lowest BCUT2D eigenvalue weighted by Crippen LogP contribution is -2.39. The molecule has 0 aromatic heterocycles. The van der Waals surface area contributed by atoms with Crippen LogP contribution in [0.3, 0.4) is 0 Å². The lowest BCUT2D eigenvalue weighted by Gasteiger charge is -2.40. The van der Waals surface area contributed by atoms with Gasteiger partial charge in [0, 0.05) is 25.2 Å². The third-order valence-electron chi connectivity index (χ3n) is 4.56. The third kappa shape index (κ3) is 1.91. The Morgan fingerprint density at radius 3 is 2.58 bits per heavy atom. The topological polar surface area (TPSA) is 29.3 Å². The Hall–Kier alpha value is -1.23. The van der Waals surface area contributed by atoms with Crippen LogP contribution in [-0.2, 0) is 6.18 Å². The quantitative estimate of drug-likeness (QED) is 0.850. The largest absolute Gasteiger partial charge is 0.416 e. The number of anilines is 1. The number of fused-ring (bicyclic) bond motifs is 1. The Labute approximate surface area is 110 Å². The first-order chi connectivity index (χ1) is 8.87. The highest BCUT2D eigenvalue weighted by molar-refractivity contribution is 5.60. The number of nitrogens with zero attached hydrogens (tertiary/aromatic N) is 1. The van der Waals surface area contributed by atoms with Gasteiger partial charge in [0.15, 0.2) is 0 Å². The first-order valence-corrected chi connectivity index (χ1v) is 6.50. The molecule has 2 nitrogen and oxygen atoms in total. The van der Waals surface area contributed by atoms with E-state index in [4.69, 9.17) is 5.73 Å². The highest BCUT2D eigenvalue weighted by Crippen LogP contribution is 2.60. The molecule has 1 atom stereocenters. The normalized spacial score (nSPS) is 24.5. The molecule has 1 aromatic rings. The Morgan fingerprint density at radius 1 is 1.37 bits per heavy atom. The van der Waals surface area contributed by atoms with E-state index < -0.39 is 11.7 Å². The monoisotopic (exact) mass is 270 g/mol. The molecular weight excluding hydrogens is 253 g/mol. The molecule has 0 saturated heterocycles. The van der Waals surface area contributed by atoms with Crippen molar-refractivity contribution in [1.82, 2.24) is 0 Å². The van der Waals surface area contributed by atoms with Crippen LogP contribution in [0, 0.1) is 5.41 Å². The molecule has 0 amide bonds. The zero-order valence-corrected chi connectivity index (χ0v) is 10.8. The fraction of sp³-hybridized carbons (Fsp3) is 0.571. The molecule has 1 heterocycles. The average molecular weight is 270 g/mol. The Kier molecular flexibility index (Phi) is 2.61. The van der Waals surface area contributed by atoms with Gasteiger partial charge in [-0.3, -0.25) is 0 Å². The predicted octanol–water partition coefficient (Wildman–Crippen LogP) is 2.98. The van der Waals surface area contributed by atoms with E-state index in [2.05, 4.69) is 4.90 Å². The molecule has 1 spiro atoms. The van der Waals surface area contributed by atoms with Gasteiger partial charge in [-0.15, -0.1) is 0 Å². The summed E-state index contributed by atoms with van der Waals surface area (Å²) in [6.45, 7) is 1.31. The second-order valence-corrected chi connectivity index (χ2v) is 5.78. The maximum atomic E-state index is 12.8. The van der Waals surface area contributed by atoms with Crippen LogP contribution in [0.1, 0.15) is 29.9 Å². The van der Waals surface area contributed by atoms with Crippen molar-refractivity contribution in [2.45, 2.75) is 24.9 Å². The smallest absolute Gasteiger partial charge is 0.374 e. The molecule has 2 aliphatic rings. The Morgan fingerprint density at radius 2 is 2.05 bits per heavy atom. The summed E-state index contributed by atoms with van der Waals surface area (Å²) in [4.78, 5) is 2.06. The fourth-order valence-corrected chi connectivity index (χ4v) is 3.40. The van der Waals surface area contributed by atoms with Crippen LogP contribution in [-0.4, -0.2) is 20.1 Å². The molecule has 1 aromatic carbocycles. The van der Waals surface area contributed by atoms with Crippen LogP contribution in [0.4, 0.5) is 18.9 Å². The summed E-state index contributed by atoms with van der Waals surface area (Å²) < 4.78 is 38.5. The van der Waals surface area contributed by atoms with Gasteiger partial charge in [0.1, 0.15) is 0 Å². The molecule has 1 fully saturated rings. The van der Waals surface area contributed by atoms with Gasteiger partial charge in [-0.05, 0) is 48.6 Å². The maximum Gasteiger partial charge on any atom is 0.416 e. The molecule has 3 rings (SSSR count). The van der Waals surface area contributed by atoms with Crippen molar-refractivity contribution in [3.63, 3.8) is 0 Å². The van der Waals surface area contributed by atoms with Gasteiger partial charge in [-0.25, -0.2) is 0 Å². The zero-order chi connectivity index (χ0) is 13.8. The maximum absolute atomic E-state index is 12.8. The number of rotatable bonds is 1. The number of nitrogens with two attached hydrogens (primary N) is 1. The number of benzene rings is 1. The van der Waals surface area contributed by atoms with E-state index in [0.717, 1.165) is 36.7 Å². The molecule has 1 aliphatic heterocycles. The molecule has 1 saturated carbocycles. The van der Waals surface area contributed by atoms with Crippen molar-refractivity contribution in [2.24, 2.45) is 11.1 Å². The molecular formula is C14H17F3N2. The summed E-state index contributed by atoms with van der Waals surface area (Å²) in [5.41, 5.74) is 7.03. The van der Waals surface area contributed by atoms with Crippen LogP contribution in [0.25, 0.3) is 0 Å². The van der Waals surface area contributed by atoms with Gasteiger partial charge < -0.3 is 10.6 Å². The van der Waals surface area contributed by atoms with Crippen molar-refractivity contribution < 1.29 is 13.2 Å². The molecule has 0 radical (unpaired) electrons.